The highest BCUT2D eigenvalue weighted by molar-refractivity contribution is 5.89. The molecule has 2 aromatic carbocycles. The molecule has 222 valence electrons. The number of aliphatic carboxylic acids is 1. The lowest BCUT2D eigenvalue weighted by Gasteiger charge is -2.29. The standard InChI is InChI=1S/C33H38FN3O5/c1-4-5-10-21(2)15-29(32(39)40)36-31(38)30(17-22-16-23(34)19-35-18-22)37(3)33(41)42-20-28-26-13-8-6-11-24(26)25-12-7-9-14-27(25)28/h6-9,11-14,16,18-19,21,28-30H,4-5,10,15,17,20H2,1-3H3,(H,36,38)(H,39,40)/t21-,29+,30+/m1/s1. The zero-order valence-electron chi connectivity index (χ0n) is 24.3. The summed E-state index contributed by atoms with van der Waals surface area (Å²) < 4.78 is 19.7. The maximum absolute atomic E-state index is 13.9. The summed E-state index contributed by atoms with van der Waals surface area (Å²) in [5.74, 6) is -2.48. The summed E-state index contributed by atoms with van der Waals surface area (Å²) in [6, 6.07) is 14.9. The summed E-state index contributed by atoms with van der Waals surface area (Å²) >= 11 is 0. The van der Waals surface area contributed by atoms with Crippen molar-refractivity contribution in [3.8, 4) is 11.1 Å². The van der Waals surface area contributed by atoms with Gasteiger partial charge in [-0.05, 0) is 46.2 Å². The number of hydrogen-bond donors (Lipinski definition) is 2. The molecule has 0 spiro atoms. The van der Waals surface area contributed by atoms with Gasteiger partial charge in [0.15, 0.2) is 0 Å². The number of aromatic nitrogens is 1. The number of benzene rings is 2. The number of carboxylic acids is 1. The van der Waals surface area contributed by atoms with Crippen molar-refractivity contribution in [3.05, 3.63) is 89.5 Å². The predicted molar refractivity (Wildman–Crippen MR) is 157 cm³/mol. The monoisotopic (exact) mass is 575 g/mol. The molecule has 3 aromatic rings. The van der Waals surface area contributed by atoms with Gasteiger partial charge >= 0.3 is 12.1 Å². The van der Waals surface area contributed by atoms with Crippen LogP contribution < -0.4 is 5.32 Å². The normalized spacial score (nSPS) is 14.3. The second-order valence-corrected chi connectivity index (χ2v) is 11.0. The number of unbranched alkanes of at least 4 members (excludes halogenated alkanes) is 1. The van der Waals surface area contributed by atoms with Crippen molar-refractivity contribution >= 4 is 18.0 Å². The van der Waals surface area contributed by atoms with E-state index in [-0.39, 0.29) is 31.3 Å². The van der Waals surface area contributed by atoms with Crippen LogP contribution in [0.25, 0.3) is 11.1 Å². The molecule has 4 rings (SSSR count). The lowest BCUT2D eigenvalue weighted by Crippen LogP contribution is -2.53. The quantitative estimate of drug-likeness (QED) is 0.267. The number of fused-ring (bicyclic) bond motifs is 3. The Balaban J connectivity index is 1.51. The molecule has 0 aliphatic heterocycles. The highest BCUT2D eigenvalue weighted by Crippen LogP contribution is 2.44. The number of halogens is 1. The molecule has 0 bridgehead atoms. The van der Waals surface area contributed by atoms with Gasteiger partial charge in [0, 0.05) is 25.6 Å². The van der Waals surface area contributed by atoms with Gasteiger partial charge in [0.25, 0.3) is 0 Å². The van der Waals surface area contributed by atoms with E-state index in [9.17, 15) is 23.9 Å². The van der Waals surface area contributed by atoms with Crippen LogP contribution >= 0.6 is 0 Å². The second kappa shape index (κ2) is 14.1. The zero-order chi connectivity index (χ0) is 30.2. The van der Waals surface area contributed by atoms with Gasteiger partial charge in [-0.2, -0.15) is 0 Å². The number of amides is 2. The third kappa shape index (κ3) is 7.32. The second-order valence-electron chi connectivity index (χ2n) is 11.0. The minimum atomic E-state index is -1.16. The molecule has 8 nitrogen and oxygen atoms in total. The van der Waals surface area contributed by atoms with Crippen LogP contribution in [0.15, 0.2) is 67.0 Å². The molecule has 1 aliphatic carbocycles. The van der Waals surface area contributed by atoms with Crippen molar-refractivity contribution < 1.29 is 28.6 Å². The number of nitrogens with zero attached hydrogens (tertiary/aromatic N) is 2. The number of carboxylic acid groups (broad SMARTS) is 1. The van der Waals surface area contributed by atoms with Crippen molar-refractivity contribution in [3.63, 3.8) is 0 Å². The largest absolute Gasteiger partial charge is 0.480 e. The molecule has 0 unspecified atom stereocenters. The van der Waals surface area contributed by atoms with E-state index in [1.54, 1.807) is 0 Å². The van der Waals surface area contributed by atoms with Gasteiger partial charge in [0.1, 0.15) is 24.5 Å². The van der Waals surface area contributed by atoms with Gasteiger partial charge in [-0.1, -0.05) is 81.6 Å². The Kier molecular flexibility index (Phi) is 10.3. The highest BCUT2D eigenvalue weighted by Gasteiger charge is 2.34. The van der Waals surface area contributed by atoms with E-state index in [1.165, 1.54) is 19.3 Å². The van der Waals surface area contributed by atoms with Crippen LogP contribution in [-0.2, 0) is 20.7 Å². The summed E-state index contributed by atoms with van der Waals surface area (Å²) in [4.78, 5) is 43.9. The molecule has 0 fully saturated rings. The summed E-state index contributed by atoms with van der Waals surface area (Å²) in [6.45, 7) is 4.07. The maximum Gasteiger partial charge on any atom is 0.410 e. The van der Waals surface area contributed by atoms with E-state index in [1.807, 2.05) is 55.5 Å². The Labute approximate surface area is 245 Å². The summed E-state index contributed by atoms with van der Waals surface area (Å²) in [6.07, 6.45) is 4.68. The fourth-order valence-electron chi connectivity index (χ4n) is 5.58. The third-order valence-electron chi connectivity index (χ3n) is 7.89. The lowest BCUT2D eigenvalue weighted by molar-refractivity contribution is -0.143. The number of nitrogens with one attached hydrogen (secondary N) is 1. The first-order valence-corrected chi connectivity index (χ1v) is 14.4. The Bertz CT molecular complexity index is 1370. The van der Waals surface area contributed by atoms with Crippen LogP contribution in [0.5, 0.6) is 0 Å². The van der Waals surface area contributed by atoms with Crippen molar-refractivity contribution in [2.45, 2.75) is 64.0 Å². The van der Waals surface area contributed by atoms with Crippen molar-refractivity contribution in [1.29, 1.82) is 0 Å². The molecule has 0 saturated carbocycles. The number of carbonyl (C=O) groups excluding carboxylic acids is 2. The van der Waals surface area contributed by atoms with Gasteiger partial charge in [-0.25, -0.2) is 14.0 Å². The Morgan fingerprint density at radius 1 is 1.07 bits per heavy atom. The fraction of sp³-hybridized carbons (Fsp3) is 0.394. The van der Waals surface area contributed by atoms with Crippen LogP contribution in [0.3, 0.4) is 0 Å². The Hall–Kier alpha value is -4.27. The van der Waals surface area contributed by atoms with Gasteiger partial charge in [-0.15, -0.1) is 0 Å². The summed E-state index contributed by atoms with van der Waals surface area (Å²) in [5.41, 5.74) is 4.67. The molecule has 1 aliphatic rings. The molecule has 0 saturated heterocycles. The minimum Gasteiger partial charge on any atom is -0.480 e. The number of ether oxygens (including phenoxy) is 1. The molecule has 2 N–H and O–H groups in total. The van der Waals surface area contributed by atoms with Crippen LogP contribution in [0.1, 0.15) is 62.1 Å². The molecule has 1 aromatic heterocycles. The van der Waals surface area contributed by atoms with E-state index in [0.717, 1.165) is 52.6 Å². The average Bonchev–Trinajstić information content (AvgIpc) is 3.30. The fourth-order valence-corrected chi connectivity index (χ4v) is 5.58. The number of rotatable bonds is 13. The minimum absolute atomic E-state index is 0.0553. The van der Waals surface area contributed by atoms with E-state index in [0.29, 0.717) is 5.56 Å². The summed E-state index contributed by atoms with van der Waals surface area (Å²) in [7, 11) is 1.43. The molecular weight excluding hydrogens is 537 g/mol. The first-order valence-electron chi connectivity index (χ1n) is 14.4. The van der Waals surface area contributed by atoms with Crippen molar-refractivity contribution in [1.82, 2.24) is 15.2 Å². The zero-order valence-corrected chi connectivity index (χ0v) is 24.3. The lowest BCUT2D eigenvalue weighted by atomic mass is 9.95. The first-order chi connectivity index (χ1) is 20.2. The molecular formula is C33H38FN3O5. The highest BCUT2D eigenvalue weighted by atomic mass is 19.1. The van der Waals surface area contributed by atoms with Crippen LogP contribution in [0, 0.1) is 11.7 Å². The third-order valence-corrected chi connectivity index (χ3v) is 7.89. The number of hydrogen-bond acceptors (Lipinski definition) is 5. The van der Waals surface area contributed by atoms with E-state index < -0.39 is 35.9 Å². The van der Waals surface area contributed by atoms with Crippen LogP contribution in [0.2, 0.25) is 0 Å². The van der Waals surface area contributed by atoms with Crippen molar-refractivity contribution in [2.24, 2.45) is 5.92 Å². The van der Waals surface area contributed by atoms with Crippen LogP contribution in [0.4, 0.5) is 9.18 Å². The van der Waals surface area contributed by atoms with Gasteiger partial charge < -0.3 is 15.2 Å². The van der Waals surface area contributed by atoms with Crippen LogP contribution in [-0.4, -0.2) is 58.7 Å². The number of carbonyl (C=O) groups is 3. The topological polar surface area (TPSA) is 109 Å². The molecule has 9 heteroatoms. The van der Waals surface area contributed by atoms with Gasteiger partial charge in [0.2, 0.25) is 5.91 Å². The molecule has 2 amide bonds. The predicted octanol–water partition coefficient (Wildman–Crippen LogP) is 5.80. The SMILES string of the molecule is CCCC[C@@H](C)C[C@H](NC(=O)[C@H](Cc1cncc(F)c1)N(C)C(=O)OCC1c2ccccc2-c2ccccc21)C(=O)O. The smallest absolute Gasteiger partial charge is 0.410 e. The average molecular weight is 576 g/mol. The van der Waals surface area contributed by atoms with E-state index >= 15 is 0 Å². The Morgan fingerprint density at radius 2 is 1.71 bits per heavy atom. The van der Waals surface area contributed by atoms with Gasteiger partial charge in [0.05, 0.1) is 6.20 Å². The molecule has 0 radical (unpaired) electrons. The molecule has 3 atom stereocenters. The summed E-state index contributed by atoms with van der Waals surface area (Å²) in [5, 5.41) is 12.5. The maximum atomic E-state index is 13.9. The molecule has 1 heterocycles. The van der Waals surface area contributed by atoms with E-state index in [4.69, 9.17) is 4.74 Å². The first kappa shape index (κ1) is 30.7. The van der Waals surface area contributed by atoms with Gasteiger partial charge in [-0.3, -0.25) is 14.7 Å². The molecule has 42 heavy (non-hydrogen) atoms. The van der Waals surface area contributed by atoms with E-state index in [2.05, 4.69) is 17.2 Å². The van der Waals surface area contributed by atoms with Crippen molar-refractivity contribution in [2.75, 3.05) is 13.7 Å². The Morgan fingerprint density at radius 3 is 2.31 bits per heavy atom. The number of pyridine rings is 1. The number of likely N-dealkylation sites (N-methyl/N-ethyl adjacent to an activating group) is 1.